The van der Waals surface area contributed by atoms with Crippen molar-refractivity contribution in [3.05, 3.63) is 24.1 Å². The molecule has 0 spiro atoms. The lowest BCUT2D eigenvalue weighted by Gasteiger charge is -2.37. The maximum Gasteiger partial charge on any atom is 0.141 e. The minimum atomic E-state index is -0.296. The van der Waals surface area contributed by atoms with E-state index in [0.29, 0.717) is 5.92 Å². The number of hydrogen-bond acceptors (Lipinski definition) is 3. The molecule has 0 atom stereocenters. The number of nitrogens with zero attached hydrogens (tertiary/aromatic N) is 2. The van der Waals surface area contributed by atoms with Gasteiger partial charge in [0.15, 0.2) is 0 Å². The highest BCUT2D eigenvalue weighted by atomic mass is 32.1. The predicted molar refractivity (Wildman–Crippen MR) is 53.6 cm³/mol. The molecule has 0 amide bonds. The van der Waals surface area contributed by atoms with E-state index in [9.17, 15) is 4.39 Å². The van der Waals surface area contributed by atoms with Crippen molar-refractivity contribution in [1.82, 2.24) is 4.98 Å². The molecular weight excluding hydrogens is 187 g/mol. The van der Waals surface area contributed by atoms with Crippen LogP contribution >= 0.6 is 12.2 Å². The Bertz CT molecular complexity index is 306. The van der Waals surface area contributed by atoms with Crippen LogP contribution in [0.25, 0.3) is 0 Å². The Morgan fingerprint density at radius 2 is 2.31 bits per heavy atom. The van der Waals surface area contributed by atoms with Crippen molar-refractivity contribution in [1.29, 1.82) is 0 Å². The third kappa shape index (κ3) is 1.67. The maximum atomic E-state index is 12.5. The molecule has 0 bridgehead atoms. The van der Waals surface area contributed by atoms with Gasteiger partial charge in [-0.1, -0.05) is 12.2 Å². The van der Waals surface area contributed by atoms with Gasteiger partial charge in [-0.3, -0.25) is 0 Å². The fourth-order valence-corrected chi connectivity index (χ4v) is 1.51. The van der Waals surface area contributed by atoms with Crippen molar-refractivity contribution in [2.75, 3.05) is 18.0 Å². The highest BCUT2D eigenvalue weighted by molar-refractivity contribution is 7.79. The molecule has 13 heavy (non-hydrogen) atoms. The summed E-state index contributed by atoms with van der Waals surface area (Å²) in [6, 6.07) is 3.11. The minimum absolute atomic E-state index is 0.296. The molecule has 0 radical (unpaired) electrons. The van der Waals surface area contributed by atoms with Crippen molar-refractivity contribution < 1.29 is 4.39 Å². The van der Waals surface area contributed by atoms with Crippen molar-refractivity contribution in [2.24, 2.45) is 5.92 Å². The van der Waals surface area contributed by atoms with Crippen molar-refractivity contribution in [3.8, 4) is 0 Å². The number of anilines is 1. The lowest BCUT2D eigenvalue weighted by atomic mass is 10.0. The van der Waals surface area contributed by atoms with E-state index < -0.39 is 0 Å². The standard InChI is InChI=1S/C9H9FN2S/c10-8-1-2-9(11-3-8)12-4-7(5-12)6-13/h1-3,6-7H,4-5H2. The van der Waals surface area contributed by atoms with E-state index >= 15 is 0 Å². The van der Waals surface area contributed by atoms with Gasteiger partial charge in [-0.25, -0.2) is 9.37 Å². The third-order valence-electron chi connectivity index (χ3n) is 2.14. The van der Waals surface area contributed by atoms with Crippen LogP contribution in [-0.4, -0.2) is 23.4 Å². The highest BCUT2D eigenvalue weighted by Gasteiger charge is 2.25. The Morgan fingerprint density at radius 3 is 2.85 bits per heavy atom. The Balaban J connectivity index is 2.03. The molecule has 1 aliphatic rings. The molecule has 2 nitrogen and oxygen atoms in total. The molecule has 1 saturated heterocycles. The zero-order chi connectivity index (χ0) is 9.26. The maximum absolute atomic E-state index is 12.5. The smallest absolute Gasteiger partial charge is 0.141 e. The Morgan fingerprint density at radius 1 is 1.54 bits per heavy atom. The fraction of sp³-hybridized carbons (Fsp3) is 0.333. The molecule has 1 fully saturated rings. The van der Waals surface area contributed by atoms with Gasteiger partial charge in [0.1, 0.15) is 11.6 Å². The van der Waals surface area contributed by atoms with Crippen molar-refractivity contribution in [3.63, 3.8) is 0 Å². The molecule has 1 aliphatic heterocycles. The van der Waals surface area contributed by atoms with E-state index in [2.05, 4.69) is 9.88 Å². The first-order valence-corrected chi connectivity index (χ1v) is 4.58. The molecule has 0 unspecified atom stereocenters. The number of aromatic nitrogens is 1. The third-order valence-corrected chi connectivity index (χ3v) is 2.52. The van der Waals surface area contributed by atoms with Crippen LogP contribution in [0.5, 0.6) is 0 Å². The zero-order valence-corrected chi connectivity index (χ0v) is 7.80. The van der Waals surface area contributed by atoms with Gasteiger partial charge in [0.05, 0.1) is 6.20 Å². The molecule has 1 aromatic heterocycles. The molecule has 2 rings (SSSR count). The second kappa shape index (κ2) is 3.38. The number of rotatable bonds is 2. The second-order valence-corrected chi connectivity index (χ2v) is 3.41. The first-order valence-electron chi connectivity index (χ1n) is 4.11. The topological polar surface area (TPSA) is 16.1 Å². The number of halogens is 1. The van der Waals surface area contributed by atoms with Crippen LogP contribution in [0, 0.1) is 11.7 Å². The summed E-state index contributed by atoms with van der Waals surface area (Å²) in [7, 11) is 0. The minimum Gasteiger partial charge on any atom is -0.355 e. The van der Waals surface area contributed by atoms with Gasteiger partial charge in [0.25, 0.3) is 0 Å². The molecular formula is C9H9FN2S. The van der Waals surface area contributed by atoms with Gasteiger partial charge < -0.3 is 4.90 Å². The first kappa shape index (κ1) is 8.56. The SMILES string of the molecule is Fc1ccc(N2CC(C=S)C2)nc1. The van der Waals surface area contributed by atoms with E-state index in [4.69, 9.17) is 12.2 Å². The quantitative estimate of drug-likeness (QED) is 0.669. The summed E-state index contributed by atoms with van der Waals surface area (Å²) in [6.45, 7) is 1.81. The molecule has 2 heterocycles. The van der Waals surface area contributed by atoms with Crippen LogP contribution in [0.1, 0.15) is 0 Å². The van der Waals surface area contributed by atoms with Gasteiger partial charge >= 0.3 is 0 Å². The van der Waals surface area contributed by atoms with Crippen LogP contribution in [0.3, 0.4) is 0 Å². The Labute approximate surface area is 81.4 Å². The monoisotopic (exact) mass is 196 g/mol. The average molecular weight is 196 g/mol. The summed E-state index contributed by atoms with van der Waals surface area (Å²) in [5.41, 5.74) is 0. The van der Waals surface area contributed by atoms with Crippen LogP contribution < -0.4 is 4.90 Å². The molecule has 68 valence electrons. The van der Waals surface area contributed by atoms with Crippen LogP contribution in [0.4, 0.5) is 10.2 Å². The Hall–Kier alpha value is -1.03. The summed E-state index contributed by atoms with van der Waals surface area (Å²) in [6.07, 6.45) is 1.24. The molecule has 4 heteroatoms. The average Bonchev–Trinajstić information content (AvgIpc) is 2.06. The Kier molecular flexibility index (Phi) is 2.22. The predicted octanol–water partition coefficient (Wildman–Crippen LogP) is 1.66. The van der Waals surface area contributed by atoms with Gasteiger partial charge in [-0.15, -0.1) is 0 Å². The number of hydrogen-bond donors (Lipinski definition) is 0. The van der Waals surface area contributed by atoms with Gasteiger partial charge in [-0.05, 0) is 17.5 Å². The van der Waals surface area contributed by atoms with E-state index in [1.807, 2.05) is 0 Å². The molecule has 0 saturated carbocycles. The lowest BCUT2D eigenvalue weighted by molar-refractivity contribution is 0.527. The molecule has 0 aliphatic carbocycles. The fourth-order valence-electron chi connectivity index (χ4n) is 1.34. The van der Waals surface area contributed by atoms with E-state index in [0.717, 1.165) is 18.9 Å². The molecule has 0 N–H and O–H groups in total. The van der Waals surface area contributed by atoms with E-state index in [1.165, 1.54) is 12.3 Å². The lowest BCUT2D eigenvalue weighted by Crippen LogP contribution is -2.47. The van der Waals surface area contributed by atoms with Crippen LogP contribution in [0.2, 0.25) is 0 Å². The zero-order valence-electron chi connectivity index (χ0n) is 6.98. The number of thiocarbonyl (C=S) groups is 1. The van der Waals surface area contributed by atoms with Crippen LogP contribution in [-0.2, 0) is 0 Å². The van der Waals surface area contributed by atoms with Crippen molar-refractivity contribution >= 4 is 23.4 Å². The van der Waals surface area contributed by atoms with Crippen molar-refractivity contribution in [2.45, 2.75) is 0 Å². The molecule has 1 aromatic rings. The molecule has 0 aromatic carbocycles. The van der Waals surface area contributed by atoms with Gasteiger partial charge in [0.2, 0.25) is 0 Å². The normalized spacial score (nSPS) is 16.8. The first-order chi connectivity index (χ1) is 6.29. The second-order valence-electron chi connectivity index (χ2n) is 3.14. The highest BCUT2D eigenvalue weighted by Crippen LogP contribution is 2.21. The van der Waals surface area contributed by atoms with E-state index in [1.54, 1.807) is 11.4 Å². The largest absolute Gasteiger partial charge is 0.355 e. The summed E-state index contributed by atoms with van der Waals surface area (Å²) >= 11 is 4.82. The van der Waals surface area contributed by atoms with Gasteiger partial charge in [-0.2, -0.15) is 0 Å². The number of pyridine rings is 1. The summed E-state index contributed by atoms with van der Waals surface area (Å²) < 4.78 is 12.5. The van der Waals surface area contributed by atoms with Gasteiger partial charge in [0, 0.05) is 19.0 Å². The summed E-state index contributed by atoms with van der Waals surface area (Å²) in [5, 5.41) is 1.78. The summed E-state index contributed by atoms with van der Waals surface area (Å²) in [4.78, 5) is 6.05. The summed E-state index contributed by atoms with van der Waals surface area (Å²) in [5.74, 6) is 1.02. The van der Waals surface area contributed by atoms with E-state index in [-0.39, 0.29) is 5.82 Å². The van der Waals surface area contributed by atoms with Crippen LogP contribution in [0.15, 0.2) is 18.3 Å².